The molecule has 1 heterocycles. The van der Waals surface area contributed by atoms with E-state index in [1.54, 1.807) is 11.8 Å². The third kappa shape index (κ3) is 4.23. The first kappa shape index (κ1) is 16.5. The van der Waals surface area contributed by atoms with Crippen LogP contribution in [-0.2, 0) is 10.0 Å². The van der Waals surface area contributed by atoms with Gasteiger partial charge in [-0.1, -0.05) is 0 Å². The van der Waals surface area contributed by atoms with Crippen LogP contribution in [0.5, 0.6) is 0 Å². The number of aromatic nitrogens is 1. The van der Waals surface area contributed by atoms with Crippen LogP contribution >= 0.6 is 23.3 Å². The Morgan fingerprint density at radius 3 is 2.68 bits per heavy atom. The Hall–Kier alpha value is -0.510. The molecular weight excluding hydrogens is 304 g/mol. The fourth-order valence-corrected chi connectivity index (χ4v) is 4.01. The van der Waals surface area contributed by atoms with Crippen molar-refractivity contribution in [3.05, 3.63) is 0 Å². The van der Waals surface area contributed by atoms with E-state index in [9.17, 15) is 8.42 Å². The van der Waals surface area contributed by atoms with Gasteiger partial charge in [0, 0.05) is 20.6 Å². The summed E-state index contributed by atoms with van der Waals surface area (Å²) in [6, 6.07) is 0. The normalized spacial score (nSPS) is 12.0. The summed E-state index contributed by atoms with van der Waals surface area (Å²) in [5, 5.41) is 3.64. The summed E-state index contributed by atoms with van der Waals surface area (Å²) < 4.78 is 29.4. The number of hydrogen-bond donors (Lipinski definition) is 2. The summed E-state index contributed by atoms with van der Waals surface area (Å²) in [6.07, 6.45) is 4.15. The number of nitrogens with zero attached hydrogens (tertiary/aromatic N) is 2. The van der Waals surface area contributed by atoms with E-state index in [-0.39, 0.29) is 10.7 Å². The standard InChI is InChI=1S/C10H20N4O2S3/c1-14(2)19(15,16)8-9(11)13-18-10(8)12-6-4-5-7-17-3/h12H,4-7H2,1-3H3,(H2,11,13). The average molecular weight is 324 g/mol. The van der Waals surface area contributed by atoms with Crippen molar-refractivity contribution in [3.8, 4) is 0 Å². The van der Waals surface area contributed by atoms with Crippen molar-refractivity contribution >= 4 is 44.1 Å². The molecule has 0 saturated heterocycles. The lowest BCUT2D eigenvalue weighted by molar-refractivity contribution is 0.521. The van der Waals surface area contributed by atoms with Gasteiger partial charge in [0.15, 0.2) is 10.7 Å². The minimum absolute atomic E-state index is 0.0605. The Kier molecular flexibility index (Phi) is 6.37. The molecule has 1 aromatic heterocycles. The van der Waals surface area contributed by atoms with Crippen molar-refractivity contribution < 1.29 is 8.42 Å². The molecule has 1 aromatic rings. The third-order valence-electron chi connectivity index (χ3n) is 2.47. The highest BCUT2D eigenvalue weighted by Crippen LogP contribution is 2.32. The zero-order chi connectivity index (χ0) is 14.5. The second-order valence-electron chi connectivity index (χ2n) is 4.14. The Balaban J connectivity index is 2.76. The first-order chi connectivity index (χ1) is 8.91. The quantitative estimate of drug-likeness (QED) is 0.705. The van der Waals surface area contributed by atoms with E-state index in [2.05, 4.69) is 15.9 Å². The van der Waals surface area contributed by atoms with Crippen molar-refractivity contribution in [1.82, 2.24) is 8.68 Å². The van der Waals surface area contributed by atoms with Gasteiger partial charge in [0.05, 0.1) is 0 Å². The monoisotopic (exact) mass is 324 g/mol. The highest BCUT2D eigenvalue weighted by Gasteiger charge is 2.27. The van der Waals surface area contributed by atoms with Crippen molar-refractivity contribution in [2.45, 2.75) is 17.7 Å². The Bertz CT molecular complexity index is 499. The van der Waals surface area contributed by atoms with E-state index in [0.29, 0.717) is 5.00 Å². The SMILES string of the molecule is CSCCCCNc1snc(N)c1S(=O)(=O)N(C)C. The van der Waals surface area contributed by atoms with Gasteiger partial charge in [-0.3, -0.25) is 0 Å². The lowest BCUT2D eigenvalue weighted by Crippen LogP contribution is -2.23. The van der Waals surface area contributed by atoms with Gasteiger partial charge in [0.25, 0.3) is 0 Å². The van der Waals surface area contributed by atoms with Crippen LogP contribution in [0.2, 0.25) is 0 Å². The van der Waals surface area contributed by atoms with Crippen LogP contribution in [0, 0.1) is 0 Å². The van der Waals surface area contributed by atoms with Crippen LogP contribution in [-0.4, -0.2) is 49.7 Å². The van der Waals surface area contributed by atoms with Crippen molar-refractivity contribution in [2.75, 3.05) is 43.7 Å². The molecule has 0 amide bonds. The van der Waals surface area contributed by atoms with E-state index < -0.39 is 10.0 Å². The van der Waals surface area contributed by atoms with E-state index >= 15 is 0 Å². The summed E-state index contributed by atoms with van der Waals surface area (Å²) in [7, 11) is -0.591. The maximum absolute atomic E-state index is 12.1. The van der Waals surface area contributed by atoms with E-state index in [0.717, 1.165) is 41.0 Å². The molecule has 6 nitrogen and oxygen atoms in total. The van der Waals surface area contributed by atoms with Gasteiger partial charge in [-0.25, -0.2) is 12.7 Å². The molecule has 0 aliphatic carbocycles. The molecule has 0 spiro atoms. The molecule has 0 aliphatic heterocycles. The highest BCUT2D eigenvalue weighted by atomic mass is 32.2. The molecule has 0 aliphatic rings. The molecule has 0 fully saturated rings. The topological polar surface area (TPSA) is 88.3 Å². The van der Waals surface area contributed by atoms with Gasteiger partial charge >= 0.3 is 0 Å². The molecule has 0 radical (unpaired) electrons. The molecule has 110 valence electrons. The smallest absolute Gasteiger partial charge is 0.249 e. The summed E-state index contributed by atoms with van der Waals surface area (Å²) >= 11 is 2.89. The number of nitrogens with one attached hydrogen (secondary N) is 1. The highest BCUT2D eigenvalue weighted by molar-refractivity contribution is 7.98. The zero-order valence-electron chi connectivity index (χ0n) is 11.3. The van der Waals surface area contributed by atoms with E-state index in [4.69, 9.17) is 5.73 Å². The minimum atomic E-state index is -3.55. The van der Waals surface area contributed by atoms with Crippen LogP contribution in [0.4, 0.5) is 10.8 Å². The first-order valence-corrected chi connectivity index (χ1v) is 9.42. The predicted octanol–water partition coefficient (Wildman–Crippen LogP) is 1.53. The molecule has 0 unspecified atom stereocenters. The molecule has 9 heteroatoms. The lowest BCUT2D eigenvalue weighted by atomic mass is 10.3. The van der Waals surface area contributed by atoms with Crippen molar-refractivity contribution in [2.24, 2.45) is 0 Å². The number of anilines is 2. The second-order valence-corrected chi connectivity index (χ2v) is 7.99. The third-order valence-corrected chi connectivity index (χ3v) is 6.01. The fraction of sp³-hybridized carbons (Fsp3) is 0.700. The van der Waals surface area contributed by atoms with E-state index in [1.165, 1.54) is 14.1 Å². The molecule has 0 bridgehead atoms. The molecule has 1 rings (SSSR count). The maximum atomic E-state index is 12.1. The first-order valence-electron chi connectivity index (χ1n) is 5.81. The van der Waals surface area contributed by atoms with Gasteiger partial charge in [0.1, 0.15) is 5.00 Å². The van der Waals surface area contributed by atoms with Crippen LogP contribution in [0.15, 0.2) is 4.90 Å². The Labute approximate surface area is 123 Å². The largest absolute Gasteiger partial charge is 0.382 e. The molecular formula is C10H20N4O2S3. The number of unbranched alkanes of at least 4 members (excludes halogenated alkanes) is 1. The predicted molar refractivity (Wildman–Crippen MR) is 83.5 cm³/mol. The summed E-state index contributed by atoms with van der Waals surface area (Å²) in [6.45, 7) is 0.720. The zero-order valence-corrected chi connectivity index (χ0v) is 13.8. The number of nitrogen functional groups attached to an aromatic ring is 1. The summed E-state index contributed by atoms with van der Waals surface area (Å²) in [5.74, 6) is 1.17. The van der Waals surface area contributed by atoms with Crippen LogP contribution in [0.1, 0.15) is 12.8 Å². The molecule has 0 atom stereocenters. The number of thioether (sulfide) groups is 1. The van der Waals surface area contributed by atoms with Crippen LogP contribution in [0.3, 0.4) is 0 Å². The number of rotatable bonds is 8. The number of sulfonamides is 1. The van der Waals surface area contributed by atoms with Gasteiger partial charge < -0.3 is 11.1 Å². The van der Waals surface area contributed by atoms with E-state index in [1.807, 2.05) is 0 Å². The molecule has 0 saturated carbocycles. The van der Waals surface area contributed by atoms with Crippen LogP contribution in [0.25, 0.3) is 0 Å². The Morgan fingerprint density at radius 1 is 1.42 bits per heavy atom. The van der Waals surface area contributed by atoms with Crippen molar-refractivity contribution in [1.29, 1.82) is 0 Å². The second kappa shape index (κ2) is 7.32. The maximum Gasteiger partial charge on any atom is 0.249 e. The lowest BCUT2D eigenvalue weighted by Gasteiger charge is -2.12. The number of nitrogens with two attached hydrogens (primary N) is 1. The molecule has 0 aromatic carbocycles. The number of hydrogen-bond acceptors (Lipinski definition) is 7. The average Bonchev–Trinajstić information content (AvgIpc) is 2.70. The molecule has 3 N–H and O–H groups in total. The summed E-state index contributed by atoms with van der Waals surface area (Å²) in [5.41, 5.74) is 5.67. The van der Waals surface area contributed by atoms with Crippen LogP contribution < -0.4 is 11.1 Å². The van der Waals surface area contributed by atoms with Gasteiger partial charge in [-0.2, -0.15) is 16.1 Å². The van der Waals surface area contributed by atoms with Crippen molar-refractivity contribution in [3.63, 3.8) is 0 Å². The van der Waals surface area contributed by atoms with Gasteiger partial charge in [-0.05, 0) is 36.4 Å². The molecule has 19 heavy (non-hydrogen) atoms. The Morgan fingerprint density at radius 2 is 2.11 bits per heavy atom. The minimum Gasteiger partial charge on any atom is -0.382 e. The van der Waals surface area contributed by atoms with Gasteiger partial charge in [-0.15, -0.1) is 0 Å². The fourth-order valence-electron chi connectivity index (χ4n) is 1.41. The van der Waals surface area contributed by atoms with Gasteiger partial charge in [0.2, 0.25) is 10.0 Å². The summed E-state index contributed by atoms with van der Waals surface area (Å²) in [4.78, 5) is 0.0902.